The van der Waals surface area contributed by atoms with Crippen LogP contribution >= 0.6 is 0 Å². The number of rotatable bonds is 2. The molecule has 2 rings (SSSR count). The average Bonchev–Trinajstić information content (AvgIpc) is 2.69. The second-order valence-corrected chi connectivity index (χ2v) is 3.20. The van der Waals surface area contributed by atoms with Crippen LogP contribution in [0.25, 0.3) is 0 Å². The minimum atomic E-state index is -0.233. The molecule has 1 heterocycles. The van der Waals surface area contributed by atoms with Gasteiger partial charge in [-0.25, -0.2) is 4.39 Å². The van der Waals surface area contributed by atoms with Gasteiger partial charge in [-0.2, -0.15) is 5.10 Å². The van der Waals surface area contributed by atoms with Gasteiger partial charge in [0.05, 0.1) is 18.3 Å². The molecular weight excluding hydrogens is 191 g/mol. The molecule has 2 nitrogen and oxygen atoms in total. The topological polar surface area (TPSA) is 17.8 Å². The molecule has 0 aliphatic heterocycles. The maximum atomic E-state index is 12.6. The quantitative estimate of drug-likeness (QED) is 0.678. The molecule has 0 aliphatic rings. The Hall–Kier alpha value is -2.08. The molecule has 0 fully saturated rings. The summed E-state index contributed by atoms with van der Waals surface area (Å²) < 4.78 is 14.4. The van der Waals surface area contributed by atoms with Crippen LogP contribution in [0.15, 0.2) is 36.7 Å². The van der Waals surface area contributed by atoms with E-state index in [4.69, 9.17) is 6.42 Å². The molecule has 15 heavy (non-hydrogen) atoms. The number of nitrogens with zero attached hydrogens (tertiary/aromatic N) is 2. The van der Waals surface area contributed by atoms with Crippen LogP contribution < -0.4 is 0 Å². The summed E-state index contributed by atoms with van der Waals surface area (Å²) in [5, 5.41) is 4.09. The molecule has 0 saturated heterocycles. The molecule has 0 bridgehead atoms. The first-order valence-electron chi connectivity index (χ1n) is 4.51. The fourth-order valence-corrected chi connectivity index (χ4v) is 1.30. The summed E-state index contributed by atoms with van der Waals surface area (Å²) in [6, 6.07) is 6.32. The van der Waals surface area contributed by atoms with Crippen molar-refractivity contribution in [3.05, 3.63) is 53.6 Å². The molecular formula is C12H9FN2. The zero-order valence-electron chi connectivity index (χ0n) is 8.02. The van der Waals surface area contributed by atoms with Gasteiger partial charge in [0, 0.05) is 6.20 Å². The van der Waals surface area contributed by atoms with Gasteiger partial charge in [0.2, 0.25) is 0 Å². The summed E-state index contributed by atoms with van der Waals surface area (Å²) in [5.41, 5.74) is 1.74. The number of hydrogen-bond donors (Lipinski definition) is 0. The van der Waals surface area contributed by atoms with Crippen LogP contribution in [0.3, 0.4) is 0 Å². The lowest BCUT2D eigenvalue weighted by Crippen LogP contribution is -1.99. The number of aromatic nitrogens is 2. The Morgan fingerprint density at radius 1 is 1.33 bits per heavy atom. The van der Waals surface area contributed by atoms with Crippen LogP contribution in [0.4, 0.5) is 4.39 Å². The van der Waals surface area contributed by atoms with E-state index in [9.17, 15) is 4.39 Å². The summed E-state index contributed by atoms with van der Waals surface area (Å²) in [7, 11) is 0. The molecule has 0 unspecified atom stereocenters. The third-order valence-electron chi connectivity index (χ3n) is 2.06. The van der Waals surface area contributed by atoms with E-state index in [1.807, 2.05) is 0 Å². The summed E-state index contributed by atoms with van der Waals surface area (Å²) >= 11 is 0. The number of hydrogen-bond acceptors (Lipinski definition) is 1. The number of terminal acetylenes is 1. The molecule has 3 heteroatoms. The lowest BCUT2D eigenvalue weighted by Gasteiger charge is -2.00. The van der Waals surface area contributed by atoms with Gasteiger partial charge >= 0.3 is 0 Å². The van der Waals surface area contributed by atoms with Gasteiger partial charge < -0.3 is 0 Å². The highest BCUT2D eigenvalue weighted by Gasteiger charge is 1.97. The first-order chi connectivity index (χ1) is 7.28. The van der Waals surface area contributed by atoms with E-state index in [1.165, 1.54) is 12.1 Å². The minimum absolute atomic E-state index is 0.233. The first kappa shape index (κ1) is 9.47. The highest BCUT2D eigenvalue weighted by atomic mass is 19.1. The predicted molar refractivity (Wildman–Crippen MR) is 55.7 cm³/mol. The van der Waals surface area contributed by atoms with Crippen molar-refractivity contribution in [1.82, 2.24) is 9.78 Å². The van der Waals surface area contributed by atoms with E-state index in [-0.39, 0.29) is 5.82 Å². The molecule has 0 spiro atoms. The van der Waals surface area contributed by atoms with Crippen molar-refractivity contribution in [2.75, 3.05) is 0 Å². The summed E-state index contributed by atoms with van der Waals surface area (Å²) in [6.07, 6.45) is 8.63. The van der Waals surface area contributed by atoms with Gasteiger partial charge in [0.1, 0.15) is 5.82 Å². The maximum Gasteiger partial charge on any atom is 0.123 e. The van der Waals surface area contributed by atoms with Gasteiger partial charge in [0.15, 0.2) is 0 Å². The second kappa shape index (κ2) is 3.97. The van der Waals surface area contributed by atoms with Gasteiger partial charge in [-0.3, -0.25) is 4.68 Å². The van der Waals surface area contributed by atoms with Crippen LogP contribution in [0.1, 0.15) is 11.1 Å². The minimum Gasteiger partial charge on any atom is -0.267 e. The molecule has 0 radical (unpaired) electrons. The SMILES string of the molecule is C#Cc1cnn(Cc2ccc(F)cc2)c1. The molecule has 1 aromatic carbocycles. The van der Waals surface area contributed by atoms with E-state index in [0.717, 1.165) is 11.1 Å². The Kier molecular flexibility index (Phi) is 2.51. The standard InChI is InChI=1S/C12H9FN2/c1-2-10-7-14-15(8-10)9-11-3-5-12(13)6-4-11/h1,3-8H,9H2. The molecule has 0 saturated carbocycles. The van der Waals surface area contributed by atoms with Gasteiger partial charge in [0.25, 0.3) is 0 Å². The number of benzene rings is 1. The Balaban J connectivity index is 2.15. The highest BCUT2D eigenvalue weighted by molar-refractivity contribution is 5.26. The van der Waals surface area contributed by atoms with E-state index < -0.39 is 0 Å². The van der Waals surface area contributed by atoms with Crippen LogP contribution in [0, 0.1) is 18.2 Å². The Morgan fingerprint density at radius 2 is 2.07 bits per heavy atom. The Bertz CT molecular complexity index is 491. The molecule has 2 aromatic rings. The summed E-state index contributed by atoms with van der Waals surface area (Å²) in [4.78, 5) is 0. The monoisotopic (exact) mass is 200 g/mol. The van der Waals surface area contributed by atoms with Crippen molar-refractivity contribution in [3.63, 3.8) is 0 Å². The van der Waals surface area contributed by atoms with Crippen LogP contribution in [0.2, 0.25) is 0 Å². The van der Waals surface area contributed by atoms with Crippen LogP contribution in [-0.2, 0) is 6.54 Å². The molecule has 1 aromatic heterocycles. The van der Waals surface area contributed by atoms with E-state index in [2.05, 4.69) is 11.0 Å². The molecule has 0 atom stereocenters. The average molecular weight is 200 g/mol. The fraction of sp³-hybridized carbons (Fsp3) is 0.0833. The van der Waals surface area contributed by atoms with Crippen LogP contribution in [-0.4, -0.2) is 9.78 Å². The van der Waals surface area contributed by atoms with Crippen LogP contribution in [0.5, 0.6) is 0 Å². The second-order valence-electron chi connectivity index (χ2n) is 3.20. The molecule has 74 valence electrons. The normalized spacial score (nSPS) is 9.87. The van der Waals surface area contributed by atoms with Crippen molar-refractivity contribution in [3.8, 4) is 12.3 Å². The Morgan fingerprint density at radius 3 is 2.67 bits per heavy atom. The highest BCUT2D eigenvalue weighted by Crippen LogP contribution is 2.05. The summed E-state index contributed by atoms with van der Waals surface area (Å²) in [6.45, 7) is 0.599. The Labute approximate surface area is 87.4 Å². The number of halogens is 1. The van der Waals surface area contributed by atoms with Crippen molar-refractivity contribution in [1.29, 1.82) is 0 Å². The van der Waals surface area contributed by atoms with Crippen molar-refractivity contribution in [2.24, 2.45) is 0 Å². The van der Waals surface area contributed by atoms with E-state index >= 15 is 0 Å². The predicted octanol–water partition coefficient (Wildman–Crippen LogP) is 2.05. The zero-order valence-corrected chi connectivity index (χ0v) is 8.02. The smallest absolute Gasteiger partial charge is 0.123 e. The first-order valence-corrected chi connectivity index (χ1v) is 4.51. The molecule has 0 amide bonds. The lowest BCUT2D eigenvalue weighted by molar-refractivity contribution is 0.624. The summed E-state index contributed by atoms with van der Waals surface area (Å²) in [5.74, 6) is 2.27. The lowest BCUT2D eigenvalue weighted by atomic mass is 10.2. The van der Waals surface area contributed by atoms with Crippen molar-refractivity contribution >= 4 is 0 Å². The van der Waals surface area contributed by atoms with Crippen molar-refractivity contribution in [2.45, 2.75) is 6.54 Å². The van der Waals surface area contributed by atoms with E-state index in [1.54, 1.807) is 29.2 Å². The van der Waals surface area contributed by atoms with Gasteiger partial charge in [-0.05, 0) is 17.7 Å². The van der Waals surface area contributed by atoms with E-state index in [0.29, 0.717) is 6.54 Å². The van der Waals surface area contributed by atoms with Gasteiger partial charge in [-0.15, -0.1) is 6.42 Å². The third-order valence-corrected chi connectivity index (χ3v) is 2.06. The molecule has 0 N–H and O–H groups in total. The largest absolute Gasteiger partial charge is 0.267 e. The fourth-order valence-electron chi connectivity index (χ4n) is 1.30. The van der Waals surface area contributed by atoms with Crippen molar-refractivity contribution < 1.29 is 4.39 Å². The van der Waals surface area contributed by atoms with Gasteiger partial charge in [-0.1, -0.05) is 18.1 Å². The molecule has 0 aliphatic carbocycles. The zero-order chi connectivity index (χ0) is 10.7. The third kappa shape index (κ3) is 2.23. The maximum absolute atomic E-state index is 12.6.